The number of amides is 1. The van der Waals surface area contributed by atoms with E-state index in [1.807, 2.05) is 4.90 Å². The third kappa shape index (κ3) is 3.09. The molecule has 0 bridgehead atoms. The minimum Gasteiger partial charge on any atom is -0.449 e. The summed E-state index contributed by atoms with van der Waals surface area (Å²) in [6.45, 7) is 1.92. The molecule has 3 heterocycles. The summed E-state index contributed by atoms with van der Waals surface area (Å²) < 4.78 is 10.8. The first-order valence-corrected chi connectivity index (χ1v) is 9.88. The molecule has 4 atom stereocenters. The second kappa shape index (κ2) is 7.53. The molecule has 5 aliphatic rings. The van der Waals surface area contributed by atoms with Crippen LogP contribution in [0.2, 0.25) is 0 Å². The summed E-state index contributed by atoms with van der Waals surface area (Å²) in [5.41, 5.74) is 10.7. The molecule has 5 rings (SSSR count). The fourth-order valence-corrected chi connectivity index (χ4v) is 4.75. The van der Waals surface area contributed by atoms with Gasteiger partial charge < -0.3 is 31.2 Å². The van der Waals surface area contributed by atoms with Crippen LogP contribution in [-0.2, 0) is 28.7 Å². The fourth-order valence-electron chi connectivity index (χ4n) is 4.75. The van der Waals surface area contributed by atoms with Gasteiger partial charge in [0.05, 0.1) is 23.4 Å². The van der Waals surface area contributed by atoms with Crippen molar-refractivity contribution in [3.63, 3.8) is 0 Å². The quantitative estimate of drug-likeness (QED) is 0.347. The maximum absolute atomic E-state index is 12.8. The van der Waals surface area contributed by atoms with Gasteiger partial charge in [-0.2, -0.15) is 0 Å². The zero-order chi connectivity index (χ0) is 23.4. The van der Waals surface area contributed by atoms with Crippen LogP contribution in [0.25, 0.3) is 0 Å². The van der Waals surface area contributed by atoms with Gasteiger partial charge in [-0.3, -0.25) is 19.2 Å². The number of allylic oxidation sites excluding steroid dienone is 6. The maximum atomic E-state index is 12.8. The lowest BCUT2D eigenvalue weighted by Crippen LogP contribution is -2.55. The molecular weight excluding hydrogens is 420 g/mol. The number of Topliss-reactive ketones (excluding diaryl/α,β-unsaturated/α-hetero) is 2. The smallest absolute Gasteiger partial charge is 0.404 e. The molecule has 0 aromatic rings. The van der Waals surface area contributed by atoms with Crippen molar-refractivity contribution in [2.75, 3.05) is 20.3 Å². The van der Waals surface area contributed by atoms with E-state index in [0.29, 0.717) is 12.2 Å². The van der Waals surface area contributed by atoms with Crippen LogP contribution in [0.1, 0.15) is 6.92 Å². The van der Waals surface area contributed by atoms with E-state index < -0.39 is 23.5 Å². The van der Waals surface area contributed by atoms with Gasteiger partial charge in [0.15, 0.2) is 17.3 Å². The molecule has 0 unspecified atom stereocenters. The number of rotatable bonds is 3. The largest absolute Gasteiger partial charge is 0.449 e. The van der Waals surface area contributed by atoms with E-state index in [9.17, 15) is 24.0 Å². The molecule has 168 valence electrons. The molecule has 11 heteroatoms. The van der Waals surface area contributed by atoms with Crippen LogP contribution in [0.5, 0.6) is 0 Å². The van der Waals surface area contributed by atoms with Crippen molar-refractivity contribution in [1.29, 1.82) is 0 Å². The number of methoxy groups -OCH3 is 1. The molecule has 0 saturated carbocycles. The zero-order valence-corrected chi connectivity index (χ0v) is 17.4. The number of ether oxygens (including phenoxy) is 2. The molecule has 2 aliphatic carbocycles. The normalized spacial score (nSPS) is 31.9. The topological polar surface area (TPSA) is 181 Å². The van der Waals surface area contributed by atoms with Gasteiger partial charge in [-0.25, -0.2) is 4.79 Å². The third-order valence-electron chi connectivity index (χ3n) is 6.30. The molecule has 32 heavy (non-hydrogen) atoms. The summed E-state index contributed by atoms with van der Waals surface area (Å²) >= 11 is 0. The molecule has 0 aromatic carbocycles. The summed E-state index contributed by atoms with van der Waals surface area (Å²) in [6.07, 6.45) is 4.06. The molecule has 0 radical (unpaired) electrons. The number of nitrogens with zero attached hydrogens (tertiary/aromatic N) is 1. The Labute approximate surface area is 182 Å². The summed E-state index contributed by atoms with van der Waals surface area (Å²) in [5.74, 6) is -1.58. The van der Waals surface area contributed by atoms with Gasteiger partial charge >= 0.3 is 6.09 Å². The molecule has 2 saturated heterocycles. The number of nitrogens with two attached hydrogens (primary N) is 2. The lowest BCUT2D eigenvalue weighted by Gasteiger charge is -2.39. The minimum absolute atomic E-state index is 0.0586. The molecule has 1 amide bonds. The van der Waals surface area contributed by atoms with Crippen LogP contribution in [0.3, 0.4) is 0 Å². The van der Waals surface area contributed by atoms with Crippen LogP contribution in [0.4, 0.5) is 4.79 Å². The Morgan fingerprint density at radius 2 is 1.75 bits per heavy atom. The second-order valence-corrected chi connectivity index (χ2v) is 7.93. The van der Waals surface area contributed by atoms with E-state index in [2.05, 4.69) is 5.32 Å². The first-order chi connectivity index (χ1) is 15.1. The fraction of sp³-hybridized carbons (Fsp3) is 0.381. The highest BCUT2D eigenvalue weighted by atomic mass is 16.6. The zero-order valence-electron chi connectivity index (χ0n) is 17.4. The van der Waals surface area contributed by atoms with Crippen molar-refractivity contribution < 1.29 is 33.4 Å². The van der Waals surface area contributed by atoms with E-state index in [1.165, 1.54) is 38.3 Å². The van der Waals surface area contributed by atoms with Crippen LogP contribution >= 0.6 is 0 Å². The maximum Gasteiger partial charge on any atom is 0.404 e. The summed E-state index contributed by atoms with van der Waals surface area (Å²) in [7, 11) is 1.52. The number of hydrogen-bond donors (Lipinski definition) is 3. The highest BCUT2D eigenvalue weighted by Crippen LogP contribution is 2.55. The number of piperazine rings is 1. The Bertz CT molecular complexity index is 1050. The number of carbonyl (C=O) groups excluding carboxylic acids is 5. The second-order valence-electron chi connectivity index (χ2n) is 7.93. The van der Waals surface area contributed by atoms with Gasteiger partial charge in [-0.05, 0) is 31.2 Å². The van der Waals surface area contributed by atoms with Crippen molar-refractivity contribution in [2.45, 2.75) is 24.7 Å². The summed E-state index contributed by atoms with van der Waals surface area (Å²) in [6, 6.07) is 0.109. The lowest BCUT2D eigenvalue weighted by atomic mass is 9.82. The first kappa shape index (κ1) is 21.7. The monoisotopic (exact) mass is 442 g/mol. The number of primary amides is 1. The van der Waals surface area contributed by atoms with Gasteiger partial charge in [0.25, 0.3) is 0 Å². The first-order valence-electron chi connectivity index (χ1n) is 9.88. The van der Waals surface area contributed by atoms with Crippen molar-refractivity contribution in [3.05, 3.63) is 46.8 Å². The summed E-state index contributed by atoms with van der Waals surface area (Å²) in [4.78, 5) is 59.0. The Morgan fingerprint density at radius 1 is 1.16 bits per heavy atom. The molecule has 0 aromatic heterocycles. The number of ketones is 4. The Morgan fingerprint density at radius 3 is 2.28 bits per heavy atom. The Hall–Kier alpha value is -3.57. The highest BCUT2D eigenvalue weighted by molar-refractivity contribution is 6.25. The molecule has 5 N–H and O–H groups in total. The van der Waals surface area contributed by atoms with Crippen molar-refractivity contribution in [2.24, 2.45) is 17.4 Å². The van der Waals surface area contributed by atoms with Crippen LogP contribution in [-0.4, -0.2) is 72.2 Å². The van der Waals surface area contributed by atoms with E-state index in [1.54, 1.807) is 0 Å². The van der Waals surface area contributed by atoms with Gasteiger partial charge in [0.2, 0.25) is 11.6 Å². The molecule has 3 aliphatic heterocycles. The molecule has 0 spiro atoms. The van der Waals surface area contributed by atoms with Crippen LogP contribution < -0.4 is 16.8 Å². The van der Waals surface area contributed by atoms with E-state index in [4.69, 9.17) is 20.9 Å². The van der Waals surface area contributed by atoms with Gasteiger partial charge in [0.1, 0.15) is 6.61 Å². The van der Waals surface area contributed by atoms with E-state index >= 15 is 0 Å². The van der Waals surface area contributed by atoms with Crippen LogP contribution in [0.15, 0.2) is 46.8 Å². The lowest BCUT2D eigenvalue weighted by molar-refractivity contribution is -0.137. The van der Waals surface area contributed by atoms with Crippen molar-refractivity contribution in [3.8, 4) is 0 Å². The Balaban J connectivity index is 0.000000260. The third-order valence-corrected chi connectivity index (χ3v) is 6.30. The Kier molecular flexibility index (Phi) is 5.10. The summed E-state index contributed by atoms with van der Waals surface area (Å²) in [5, 5.41) is 3.28. The number of hydrogen-bond acceptors (Lipinski definition) is 10. The van der Waals surface area contributed by atoms with Crippen LogP contribution in [0, 0.1) is 5.92 Å². The SMILES string of the molecule is CO[C@@]12[C@H](COC(N)=O)C3=C(C(=O)C(C)=C(N)C3=O)N1C[C@@H]1N[C@@H]12.O=C1C=CC(=O)C=C1. The van der Waals surface area contributed by atoms with Gasteiger partial charge in [-0.1, -0.05) is 0 Å². The van der Waals surface area contributed by atoms with Crippen molar-refractivity contribution >= 4 is 29.2 Å². The number of carbonyl (C=O) groups is 5. The average Bonchev–Trinajstić information content (AvgIpc) is 3.38. The molecule has 2 fully saturated rings. The molecule has 11 nitrogen and oxygen atoms in total. The number of nitrogens with one attached hydrogen (secondary N) is 1. The van der Waals surface area contributed by atoms with E-state index in [-0.39, 0.29) is 52.9 Å². The molecular formula is C21H22N4O7. The van der Waals surface area contributed by atoms with E-state index in [0.717, 1.165) is 0 Å². The minimum atomic E-state index is -0.957. The average molecular weight is 442 g/mol. The van der Waals surface area contributed by atoms with Crippen molar-refractivity contribution in [1.82, 2.24) is 10.2 Å². The number of fused-ring (bicyclic) bond motifs is 4. The van der Waals surface area contributed by atoms with Gasteiger partial charge in [-0.15, -0.1) is 0 Å². The standard InChI is InChI=1S/C15H18N4O5.C6H4O2/c1-5-9(16)12(21)8-6(4-24-14(17)22)15(23-2)13-7(18-13)3-19(15)10(8)11(5)20;7-5-1-2-6(8)4-3-5/h6-7,13,18H,3-4,16H2,1-2H3,(H2,17,22);1-4H/t6-,7+,13+,15-;/m1./s1. The predicted molar refractivity (Wildman–Crippen MR) is 108 cm³/mol. The highest BCUT2D eigenvalue weighted by Gasteiger charge is 2.72. The van der Waals surface area contributed by atoms with Gasteiger partial charge in [0, 0.05) is 30.8 Å². The predicted octanol–water partition coefficient (Wildman–Crippen LogP) is -1.40.